The van der Waals surface area contributed by atoms with E-state index in [1.165, 1.54) is 6.07 Å². The van der Waals surface area contributed by atoms with Gasteiger partial charge in [-0.15, -0.1) is 0 Å². The van der Waals surface area contributed by atoms with E-state index in [0.717, 1.165) is 19.3 Å². The van der Waals surface area contributed by atoms with Crippen molar-refractivity contribution >= 4 is 11.0 Å². The fourth-order valence-corrected chi connectivity index (χ4v) is 2.29. The number of aromatic hydroxyl groups is 2. The van der Waals surface area contributed by atoms with Crippen molar-refractivity contribution in [2.24, 2.45) is 0 Å². The lowest BCUT2D eigenvalue weighted by Gasteiger charge is -2.08. The van der Waals surface area contributed by atoms with Gasteiger partial charge in [0.1, 0.15) is 12.1 Å². The van der Waals surface area contributed by atoms with Crippen LogP contribution >= 0.6 is 0 Å². The van der Waals surface area contributed by atoms with E-state index in [1.807, 2.05) is 0 Å². The van der Waals surface area contributed by atoms with Gasteiger partial charge in [-0.2, -0.15) is 0 Å². The summed E-state index contributed by atoms with van der Waals surface area (Å²) < 4.78 is 46.1. The monoisotopic (exact) mass is 322 g/mol. The molecule has 0 aliphatic carbocycles. The second-order valence-corrected chi connectivity index (χ2v) is 4.95. The van der Waals surface area contributed by atoms with Gasteiger partial charge < -0.3 is 14.6 Å². The molecule has 0 amide bonds. The summed E-state index contributed by atoms with van der Waals surface area (Å²) >= 11 is 0. The second kappa shape index (κ2) is 5.05. The van der Waals surface area contributed by atoms with Crippen LogP contribution in [0.25, 0.3) is 22.1 Å². The van der Waals surface area contributed by atoms with Crippen LogP contribution in [-0.2, 0) is 0 Å². The van der Waals surface area contributed by atoms with Gasteiger partial charge in [0.2, 0.25) is 11.2 Å². The van der Waals surface area contributed by atoms with E-state index in [4.69, 9.17) is 4.42 Å². The van der Waals surface area contributed by atoms with Crippen molar-refractivity contribution in [2.45, 2.75) is 6.92 Å². The Morgan fingerprint density at radius 1 is 1.04 bits per heavy atom. The van der Waals surface area contributed by atoms with Crippen molar-refractivity contribution in [3.05, 3.63) is 57.7 Å². The molecule has 0 fully saturated rings. The van der Waals surface area contributed by atoms with Crippen LogP contribution in [0.5, 0.6) is 11.5 Å². The maximum absolute atomic E-state index is 14.2. The molecule has 0 saturated carbocycles. The quantitative estimate of drug-likeness (QED) is 0.530. The molecule has 0 radical (unpaired) electrons. The van der Waals surface area contributed by atoms with Crippen LogP contribution in [0.3, 0.4) is 0 Å². The third kappa shape index (κ3) is 2.12. The summed E-state index contributed by atoms with van der Waals surface area (Å²) in [6, 6.07) is 2.80. The summed E-state index contributed by atoms with van der Waals surface area (Å²) in [6.07, 6.45) is 0.818. The fourth-order valence-electron chi connectivity index (χ4n) is 2.29. The molecular formula is C16H9F3O4. The minimum absolute atomic E-state index is 0.139. The van der Waals surface area contributed by atoms with Crippen LogP contribution in [0.1, 0.15) is 5.56 Å². The van der Waals surface area contributed by atoms with E-state index in [0.29, 0.717) is 6.07 Å². The van der Waals surface area contributed by atoms with Gasteiger partial charge in [0.15, 0.2) is 23.0 Å². The molecule has 0 aliphatic rings. The molecule has 23 heavy (non-hydrogen) atoms. The average molecular weight is 322 g/mol. The van der Waals surface area contributed by atoms with Crippen molar-refractivity contribution in [3.8, 4) is 22.6 Å². The lowest BCUT2D eigenvalue weighted by molar-refractivity contribution is 0.399. The Hall–Kier alpha value is -2.96. The molecule has 1 heterocycles. The molecule has 0 atom stereocenters. The number of hydrogen-bond donors (Lipinski definition) is 2. The molecule has 3 rings (SSSR count). The molecule has 7 heteroatoms. The van der Waals surface area contributed by atoms with Crippen LogP contribution in [0.2, 0.25) is 0 Å². The Labute approximate surface area is 127 Å². The van der Waals surface area contributed by atoms with Crippen LogP contribution < -0.4 is 5.43 Å². The van der Waals surface area contributed by atoms with Gasteiger partial charge in [-0.05, 0) is 25.1 Å². The normalized spacial score (nSPS) is 11.1. The third-order valence-electron chi connectivity index (χ3n) is 3.56. The second-order valence-electron chi connectivity index (χ2n) is 4.95. The van der Waals surface area contributed by atoms with Crippen LogP contribution in [0, 0.1) is 24.4 Å². The van der Waals surface area contributed by atoms with Gasteiger partial charge in [-0.1, -0.05) is 0 Å². The number of fused-ring (bicyclic) bond motifs is 1. The molecule has 0 spiro atoms. The number of hydrogen-bond acceptors (Lipinski definition) is 4. The third-order valence-corrected chi connectivity index (χ3v) is 3.56. The molecular weight excluding hydrogens is 313 g/mol. The minimum atomic E-state index is -1.33. The molecule has 2 aromatic carbocycles. The van der Waals surface area contributed by atoms with Crippen molar-refractivity contribution in [1.82, 2.24) is 0 Å². The highest BCUT2D eigenvalue weighted by Gasteiger charge is 2.21. The van der Waals surface area contributed by atoms with Crippen molar-refractivity contribution in [3.63, 3.8) is 0 Å². The summed E-state index contributed by atoms with van der Waals surface area (Å²) in [5.74, 6) is -4.86. The zero-order chi connectivity index (χ0) is 16.9. The smallest absolute Gasteiger partial charge is 0.201 e. The van der Waals surface area contributed by atoms with E-state index in [2.05, 4.69) is 0 Å². The molecule has 2 N–H and O–H groups in total. The molecule has 0 unspecified atom stereocenters. The van der Waals surface area contributed by atoms with Crippen LogP contribution in [-0.4, -0.2) is 10.2 Å². The highest BCUT2D eigenvalue weighted by atomic mass is 19.2. The number of rotatable bonds is 1. The van der Waals surface area contributed by atoms with Gasteiger partial charge in [-0.3, -0.25) is 4.79 Å². The topological polar surface area (TPSA) is 70.7 Å². The van der Waals surface area contributed by atoms with Gasteiger partial charge in [0, 0.05) is 11.1 Å². The first-order valence-electron chi connectivity index (χ1n) is 6.43. The molecule has 3 aromatic rings. The largest absolute Gasteiger partial charge is 0.504 e. The van der Waals surface area contributed by atoms with Crippen molar-refractivity contribution in [1.29, 1.82) is 0 Å². The Bertz CT molecular complexity index is 1010. The summed E-state index contributed by atoms with van der Waals surface area (Å²) in [5, 5.41) is 18.9. The maximum atomic E-state index is 14.2. The van der Waals surface area contributed by atoms with Gasteiger partial charge in [-0.25, -0.2) is 13.2 Å². The first kappa shape index (κ1) is 15.0. The highest BCUT2D eigenvalue weighted by molar-refractivity contribution is 5.87. The summed E-state index contributed by atoms with van der Waals surface area (Å²) in [6.45, 7) is 1.05. The number of phenolic OH excluding ortho intramolecular Hbond substituents is 2. The van der Waals surface area contributed by atoms with Gasteiger partial charge in [0.05, 0.1) is 10.9 Å². The van der Waals surface area contributed by atoms with E-state index in [-0.39, 0.29) is 16.5 Å². The lowest BCUT2D eigenvalue weighted by Crippen LogP contribution is -2.08. The Morgan fingerprint density at radius 3 is 2.43 bits per heavy atom. The van der Waals surface area contributed by atoms with Crippen molar-refractivity contribution < 1.29 is 27.8 Å². The first-order valence-corrected chi connectivity index (χ1v) is 6.43. The number of benzene rings is 2. The molecule has 0 aliphatic heterocycles. The minimum Gasteiger partial charge on any atom is -0.504 e. The van der Waals surface area contributed by atoms with E-state index >= 15 is 0 Å². The standard InChI is InChI=1S/C16H9F3O4/c1-6-12(18)8(4-10(17)13(6)19)9-5-23-16-7(14(9)21)2-3-11(20)15(16)22/h2-5,20,22H,1H3. The predicted octanol–water partition coefficient (Wildman–Crippen LogP) is 3.60. The highest BCUT2D eigenvalue weighted by Crippen LogP contribution is 2.34. The molecule has 1 aromatic heterocycles. The summed E-state index contributed by atoms with van der Waals surface area (Å²) in [4.78, 5) is 12.4. The van der Waals surface area contributed by atoms with Crippen LogP contribution in [0.15, 0.2) is 33.7 Å². The zero-order valence-corrected chi connectivity index (χ0v) is 11.7. The van der Waals surface area contributed by atoms with Gasteiger partial charge >= 0.3 is 0 Å². The van der Waals surface area contributed by atoms with Gasteiger partial charge in [0.25, 0.3) is 0 Å². The zero-order valence-electron chi connectivity index (χ0n) is 11.7. The molecule has 0 saturated heterocycles. The summed E-state index contributed by atoms with van der Waals surface area (Å²) in [7, 11) is 0. The Balaban J connectivity index is 2.37. The molecule has 118 valence electrons. The van der Waals surface area contributed by atoms with E-state index in [1.54, 1.807) is 0 Å². The van der Waals surface area contributed by atoms with Crippen molar-refractivity contribution in [2.75, 3.05) is 0 Å². The Kier molecular flexibility index (Phi) is 3.28. The number of halogens is 3. The fraction of sp³-hybridized carbons (Fsp3) is 0.0625. The SMILES string of the molecule is Cc1c(F)c(F)cc(-c2coc3c(O)c(O)ccc3c2=O)c1F. The summed E-state index contributed by atoms with van der Waals surface area (Å²) in [5.41, 5.74) is -2.40. The Morgan fingerprint density at radius 2 is 1.74 bits per heavy atom. The lowest BCUT2D eigenvalue weighted by atomic mass is 10.0. The average Bonchev–Trinajstić information content (AvgIpc) is 2.53. The van der Waals surface area contributed by atoms with Crippen LogP contribution in [0.4, 0.5) is 13.2 Å². The predicted molar refractivity (Wildman–Crippen MR) is 75.9 cm³/mol. The number of phenols is 2. The van der Waals surface area contributed by atoms with E-state index in [9.17, 15) is 28.2 Å². The molecule has 4 nitrogen and oxygen atoms in total. The van der Waals surface area contributed by atoms with E-state index < -0.39 is 45.5 Å². The maximum Gasteiger partial charge on any atom is 0.201 e. The first-order chi connectivity index (χ1) is 10.8. The molecule has 0 bridgehead atoms.